The smallest absolute Gasteiger partial charge is 0.231 e. The molecule has 1 aliphatic heterocycles. The van der Waals surface area contributed by atoms with Gasteiger partial charge in [-0.2, -0.15) is 0 Å². The Labute approximate surface area is 81.6 Å². The summed E-state index contributed by atoms with van der Waals surface area (Å²) in [6, 6.07) is 3.30. The lowest BCUT2D eigenvalue weighted by Crippen LogP contribution is -2.29. The van der Waals surface area contributed by atoms with Crippen LogP contribution in [0.5, 0.6) is 11.5 Å². The topological polar surface area (TPSA) is 44.5 Å². The van der Waals surface area contributed by atoms with Gasteiger partial charge in [0.05, 0.1) is 0 Å². The Morgan fingerprint density at radius 3 is 2.71 bits per heavy atom. The Morgan fingerprint density at radius 2 is 2.07 bits per heavy atom. The first-order valence-corrected chi connectivity index (χ1v) is 4.37. The lowest BCUT2D eigenvalue weighted by Gasteiger charge is -2.20. The molecule has 0 unspecified atom stereocenters. The molecule has 0 saturated carbocycles. The molecule has 14 heavy (non-hydrogen) atoms. The fourth-order valence-electron chi connectivity index (χ4n) is 1.44. The van der Waals surface area contributed by atoms with Crippen LogP contribution in [0.3, 0.4) is 0 Å². The molecule has 76 valence electrons. The number of hydrogen-bond donors (Lipinski definition) is 1. The quantitative estimate of drug-likeness (QED) is 0.745. The normalized spacial score (nSPS) is 14.6. The van der Waals surface area contributed by atoms with Gasteiger partial charge in [0.2, 0.25) is 12.5 Å². The third-order valence-electron chi connectivity index (χ3n) is 2.17. The van der Waals surface area contributed by atoms with Gasteiger partial charge in [0.25, 0.3) is 0 Å². The van der Waals surface area contributed by atoms with Crippen LogP contribution in [0.25, 0.3) is 0 Å². The van der Waals surface area contributed by atoms with Crippen LogP contribution in [0.4, 0.5) is 4.39 Å². The first-order valence-electron chi connectivity index (χ1n) is 4.37. The molecule has 0 atom stereocenters. The average Bonchev–Trinajstić information content (AvgIpc) is 2.50. The van der Waals surface area contributed by atoms with Gasteiger partial charge in [-0.15, -0.1) is 0 Å². The van der Waals surface area contributed by atoms with Crippen LogP contribution in [-0.4, -0.2) is 6.79 Å². The molecule has 0 amide bonds. The van der Waals surface area contributed by atoms with Crippen LogP contribution in [0.2, 0.25) is 0 Å². The van der Waals surface area contributed by atoms with E-state index in [9.17, 15) is 4.39 Å². The van der Waals surface area contributed by atoms with Gasteiger partial charge in [0.15, 0.2) is 11.6 Å². The summed E-state index contributed by atoms with van der Waals surface area (Å²) >= 11 is 0. The highest BCUT2D eigenvalue weighted by molar-refractivity contribution is 5.47. The summed E-state index contributed by atoms with van der Waals surface area (Å²) in [5.41, 5.74) is 5.53. The lowest BCUT2D eigenvalue weighted by molar-refractivity contribution is 0.170. The number of halogens is 1. The van der Waals surface area contributed by atoms with E-state index in [4.69, 9.17) is 15.2 Å². The van der Waals surface area contributed by atoms with Crippen molar-refractivity contribution in [3.63, 3.8) is 0 Å². The Bertz CT molecular complexity index is 371. The monoisotopic (exact) mass is 197 g/mol. The standard InChI is InChI=1S/C10H12FNO2/c1-10(2,12)6-3-4-7-9(8(6)11)14-5-13-7/h3-4H,5,12H2,1-2H3. The van der Waals surface area contributed by atoms with Crippen molar-refractivity contribution in [2.24, 2.45) is 5.73 Å². The highest BCUT2D eigenvalue weighted by atomic mass is 19.1. The number of nitrogens with two attached hydrogens (primary N) is 1. The number of rotatable bonds is 1. The SMILES string of the molecule is CC(C)(N)c1ccc2c(c1F)OCO2. The zero-order chi connectivity index (χ0) is 10.3. The molecule has 0 bridgehead atoms. The first-order chi connectivity index (χ1) is 6.50. The molecule has 0 spiro atoms. The Balaban J connectivity index is 2.56. The minimum absolute atomic E-state index is 0.0701. The summed E-state index contributed by atoms with van der Waals surface area (Å²) in [6.07, 6.45) is 0. The summed E-state index contributed by atoms with van der Waals surface area (Å²) in [5, 5.41) is 0. The maximum atomic E-state index is 13.8. The molecule has 3 nitrogen and oxygen atoms in total. The minimum Gasteiger partial charge on any atom is -0.453 e. The van der Waals surface area contributed by atoms with Gasteiger partial charge in [0, 0.05) is 11.1 Å². The third kappa shape index (κ3) is 1.32. The van der Waals surface area contributed by atoms with Crippen molar-refractivity contribution < 1.29 is 13.9 Å². The second-order valence-electron chi connectivity index (χ2n) is 3.88. The van der Waals surface area contributed by atoms with E-state index in [1.807, 2.05) is 0 Å². The van der Waals surface area contributed by atoms with E-state index >= 15 is 0 Å². The summed E-state index contributed by atoms with van der Waals surface area (Å²) in [7, 11) is 0. The molecule has 1 aromatic carbocycles. The van der Waals surface area contributed by atoms with Gasteiger partial charge in [0.1, 0.15) is 0 Å². The molecule has 0 saturated heterocycles. The van der Waals surface area contributed by atoms with E-state index in [-0.39, 0.29) is 12.5 Å². The first kappa shape index (κ1) is 9.27. The average molecular weight is 197 g/mol. The highest BCUT2D eigenvalue weighted by Crippen LogP contribution is 2.38. The van der Waals surface area contributed by atoms with Crippen LogP contribution in [-0.2, 0) is 5.54 Å². The largest absolute Gasteiger partial charge is 0.453 e. The molecule has 1 heterocycles. The summed E-state index contributed by atoms with van der Waals surface area (Å²) in [4.78, 5) is 0. The summed E-state index contributed by atoms with van der Waals surface area (Å²) < 4.78 is 23.8. The van der Waals surface area contributed by atoms with Crippen molar-refractivity contribution in [3.8, 4) is 11.5 Å². The van der Waals surface area contributed by atoms with Gasteiger partial charge in [-0.1, -0.05) is 6.07 Å². The maximum absolute atomic E-state index is 13.8. The fraction of sp³-hybridized carbons (Fsp3) is 0.400. The van der Waals surface area contributed by atoms with Crippen molar-refractivity contribution in [1.29, 1.82) is 0 Å². The van der Waals surface area contributed by atoms with Gasteiger partial charge < -0.3 is 15.2 Å². The van der Waals surface area contributed by atoms with E-state index in [0.29, 0.717) is 11.3 Å². The van der Waals surface area contributed by atoms with E-state index in [1.165, 1.54) is 0 Å². The second-order valence-corrected chi connectivity index (χ2v) is 3.88. The Hall–Kier alpha value is -1.29. The summed E-state index contributed by atoms with van der Waals surface area (Å²) in [5.74, 6) is 0.184. The van der Waals surface area contributed by atoms with Crippen LogP contribution in [0.1, 0.15) is 19.4 Å². The van der Waals surface area contributed by atoms with Crippen molar-refractivity contribution in [2.75, 3.05) is 6.79 Å². The number of fused-ring (bicyclic) bond motifs is 1. The zero-order valence-corrected chi connectivity index (χ0v) is 8.13. The molecule has 0 fully saturated rings. The molecule has 2 rings (SSSR count). The number of ether oxygens (including phenoxy) is 2. The molecule has 0 radical (unpaired) electrons. The van der Waals surface area contributed by atoms with Crippen LogP contribution in [0.15, 0.2) is 12.1 Å². The predicted molar refractivity (Wildman–Crippen MR) is 49.7 cm³/mol. The Morgan fingerprint density at radius 1 is 1.36 bits per heavy atom. The molecule has 4 heteroatoms. The van der Waals surface area contributed by atoms with Crippen molar-refractivity contribution in [3.05, 3.63) is 23.5 Å². The molecule has 0 aromatic heterocycles. The highest BCUT2D eigenvalue weighted by Gasteiger charge is 2.26. The molecule has 0 aliphatic carbocycles. The summed E-state index contributed by atoms with van der Waals surface area (Å²) in [6.45, 7) is 3.56. The Kier molecular flexibility index (Phi) is 1.89. The molecular formula is C10H12FNO2. The van der Waals surface area contributed by atoms with Gasteiger partial charge in [-0.25, -0.2) is 4.39 Å². The third-order valence-corrected chi connectivity index (χ3v) is 2.17. The van der Waals surface area contributed by atoms with Gasteiger partial charge in [-0.05, 0) is 19.9 Å². The number of hydrogen-bond acceptors (Lipinski definition) is 3. The van der Waals surface area contributed by atoms with E-state index in [2.05, 4.69) is 0 Å². The van der Waals surface area contributed by atoms with E-state index in [1.54, 1.807) is 26.0 Å². The number of benzene rings is 1. The van der Waals surface area contributed by atoms with E-state index < -0.39 is 11.4 Å². The molecule has 1 aromatic rings. The zero-order valence-electron chi connectivity index (χ0n) is 8.13. The van der Waals surface area contributed by atoms with Crippen molar-refractivity contribution >= 4 is 0 Å². The van der Waals surface area contributed by atoms with Crippen molar-refractivity contribution in [1.82, 2.24) is 0 Å². The van der Waals surface area contributed by atoms with Crippen LogP contribution < -0.4 is 15.2 Å². The van der Waals surface area contributed by atoms with Gasteiger partial charge in [-0.3, -0.25) is 0 Å². The minimum atomic E-state index is -0.717. The molecule has 1 aliphatic rings. The molecular weight excluding hydrogens is 185 g/mol. The second kappa shape index (κ2) is 2.85. The van der Waals surface area contributed by atoms with Crippen LogP contribution in [0, 0.1) is 5.82 Å². The van der Waals surface area contributed by atoms with Crippen molar-refractivity contribution in [2.45, 2.75) is 19.4 Å². The fourth-order valence-corrected chi connectivity index (χ4v) is 1.44. The molecule has 2 N–H and O–H groups in total. The maximum Gasteiger partial charge on any atom is 0.231 e. The van der Waals surface area contributed by atoms with Crippen LogP contribution >= 0.6 is 0 Å². The lowest BCUT2D eigenvalue weighted by atomic mass is 9.95. The predicted octanol–water partition coefficient (Wildman–Crippen LogP) is 1.75. The van der Waals surface area contributed by atoms with Gasteiger partial charge >= 0.3 is 0 Å². The van der Waals surface area contributed by atoms with E-state index in [0.717, 1.165) is 0 Å².